The monoisotopic (exact) mass is 218 g/mol. The van der Waals surface area contributed by atoms with Crippen molar-refractivity contribution in [3.63, 3.8) is 0 Å². The van der Waals surface area contributed by atoms with E-state index in [2.05, 4.69) is 9.98 Å². The Labute approximate surface area is 93.9 Å². The second-order valence-electron chi connectivity index (χ2n) is 3.22. The van der Waals surface area contributed by atoms with Gasteiger partial charge in [0, 0.05) is 36.8 Å². The van der Waals surface area contributed by atoms with Crippen LogP contribution in [0.5, 0.6) is 0 Å². The zero-order chi connectivity index (χ0) is 12.1. The van der Waals surface area contributed by atoms with E-state index < -0.39 is 0 Å². The standard InChI is InChI=1S/C11H14N4O/c1-7(16)10-3-8(6-15-11(10)13)9(4-12)5-14-2/h3-6H,12H2,1-2H3,(H2,13,15). The fourth-order valence-electron chi connectivity index (χ4n) is 1.27. The number of Topliss-reactive ketones (excluding diaryl/α,β-unsaturated/α-hetero) is 1. The topological polar surface area (TPSA) is 94.4 Å². The largest absolute Gasteiger partial charge is 0.404 e. The summed E-state index contributed by atoms with van der Waals surface area (Å²) >= 11 is 0. The van der Waals surface area contributed by atoms with Crippen LogP contribution in [0, 0.1) is 0 Å². The molecule has 5 heteroatoms. The van der Waals surface area contributed by atoms with Gasteiger partial charge in [-0.1, -0.05) is 0 Å². The van der Waals surface area contributed by atoms with Crippen LogP contribution in [0.2, 0.25) is 0 Å². The number of aromatic nitrogens is 1. The number of nitrogens with two attached hydrogens (primary N) is 2. The Morgan fingerprint density at radius 2 is 2.25 bits per heavy atom. The molecule has 1 heterocycles. The van der Waals surface area contributed by atoms with Crippen molar-refractivity contribution < 1.29 is 4.79 Å². The van der Waals surface area contributed by atoms with Crippen molar-refractivity contribution in [3.05, 3.63) is 29.6 Å². The first-order chi connectivity index (χ1) is 7.60. The molecule has 0 atom stereocenters. The summed E-state index contributed by atoms with van der Waals surface area (Å²) in [5.74, 6) is 0.0951. The van der Waals surface area contributed by atoms with Crippen LogP contribution in [0.25, 0.3) is 5.57 Å². The minimum atomic E-state index is -0.128. The normalized spacial score (nSPS) is 12.0. The van der Waals surface area contributed by atoms with E-state index >= 15 is 0 Å². The van der Waals surface area contributed by atoms with Crippen molar-refractivity contribution in [2.75, 3.05) is 12.8 Å². The van der Waals surface area contributed by atoms with Gasteiger partial charge in [-0.15, -0.1) is 0 Å². The maximum atomic E-state index is 11.3. The molecular formula is C11H14N4O. The molecule has 1 aromatic heterocycles. The van der Waals surface area contributed by atoms with Crippen LogP contribution in [-0.4, -0.2) is 24.0 Å². The van der Waals surface area contributed by atoms with Crippen molar-refractivity contribution in [2.24, 2.45) is 10.7 Å². The maximum absolute atomic E-state index is 11.3. The molecule has 0 saturated carbocycles. The smallest absolute Gasteiger partial charge is 0.163 e. The lowest BCUT2D eigenvalue weighted by Gasteiger charge is -2.05. The molecule has 0 aliphatic carbocycles. The predicted octanol–water partition coefficient (Wildman–Crippen LogP) is 0.867. The molecule has 0 aromatic carbocycles. The molecule has 0 saturated heterocycles. The molecule has 0 spiro atoms. The summed E-state index contributed by atoms with van der Waals surface area (Å²) in [5.41, 5.74) is 12.8. The zero-order valence-electron chi connectivity index (χ0n) is 9.27. The highest BCUT2D eigenvalue weighted by Gasteiger charge is 2.08. The van der Waals surface area contributed by atoms with E-state index in [1.54, 1.807) is 25.5 Å². The number of pyridine rings is 1. The average Bonchev–Trinajstić information content (AvgIpc) is 2.26. The summed E-state index contributed by atoms with van der Waals surface area (Å²) in [6.45, 7) is 1.44. The van der Waals surface area contributed by atoms with Gasteiger partial charge in [-0.2, -0.15) is 0 Å². The first kappa shape index (κ1) is 11.9. The summed E-state index contributed by atoms with van der Waals surface area (Å²) < 4.78 is 0. The number of hydrogen-bond acceptors (Lipinski definition) is 5. The maximum Gasteiger partial charge on any atom is 0.163 e. The fourth-order valence-corrected chi connectivity index (χ4v) is 1.27. The van der Waals surface area contributed by atoms with Crippen LogP contribution in [0.3, 0.4) is 0 Å². The zero-order valence-corrected chi connectivity index (χ0v) is 9.27. The van der Waals surface area contributed by atoms with E-state index in [0.717, 1.165) is 0 Å². The summed E-state index contributed by atoms with van der Waals surface area (Å²) in [5, 5.41) is 0. The van der Waals surface area contributed by atoms with Gasteiger partial charge in [-0.3, -0.25) is 9.79 Å². The van der Waals surface area contributed by atoms with Crippen LogP contribution in [0.1, 0.15) is 22.8 Å². The molecule has 4 N–H and O–H groups in total. The molecule has 0 fully saturated rings. The van der Waals surface area contributed by atoms with Gasteiger partial charge < -0.3 is 11.5 Å². The van der Waals surface area contributed by atoms with Gasteiger partial charge in [-0.05, 0) is 13.0 Å². The molecule has 0 aliphatic heterocycles. The van der Waals surface area contributed by atoms with E-state index in [0.29, 0.717) is 16.7 Å². The number of ketones is 1. The highest BCUT2D eigenvalue weighted by Crippen LogP contribution is 2.16. The Hall–Kier alpha value is -2.17. The third-order valence-corrected chi connectivity index (χ3v) is 2.08. The van der Waals surface area contributed by atoms with Gasteiger partial charge in [0.1, 0.15) is 5.82 Å². The number of carbonyl (C=O) groups excluding carboxylic acids is 1. The molecule has 5 nitrogen and oxygen atoms in total. The molecule has 0 aliphatic rings. The minimum Gasteiger partial charge on any atom is -0.404 e. The second-order valence-corrected chi connectivity index (χ2v) is 3.22. The van der Waals surface area contributed by atoms with Crippen molar-refractivity contribution >= 4 is 23.4 Å². The lowest BCUT2D eigenvalue weighted by molar-refractivity contribution is 0.101. The quantitative estimate of drug-likeness (QED) is 0.581. The third kappa shape index (κ3) is 2.44. The van der Waals surface area contributed by atoms with Crippen molar-refractivity contribution in [1.82, 2.24) is 4.98 Å². The predicted molar refractivity (Wildman–Crippen MR) is 65.2 cm³/mol. The molecule has 0 bridgehead atoms. The Kier molecular flexibility index (Phi) is 3.77. The summed E-state index contributed by atoms with van der Waals surface area (Å²) in [6.07, 6.45) is 4.56. The number of carbonyl (C=O) groups is 1. The van der Waals surface area contributed by atoms with E-state index in [9.17, 15) is 4.79 Å². The summed E-state index contributed by atoms with van der Waals surface area (Å²) in [6, 6.07) is 1.66. The number of rotatable bonds is 3. The van der Waals surface area contributed by atoms with E-state index in [4.69, 9.17) is 11.5 Å². The van der Waals surface area contributed by atoms with Gasteiger partial charge in [0.25, 0.3) is 0 Å². The van der Waals surface area contributed by atoms with E-state index in [1.807, 2.05) is 0 Å². The molecule has 16 heavy (non-hydrogen) atoms. The Bertz CT molecular complexity index is 463. The van der Waals surface area contributed by atoms with Crippen LogP contribution in [0.15, 0.2) is 23.5 Å². The van der Waals surface area contributed by atoms with E-state index in [-0.39, 0.29) is 11.6 Å². The minimum absolute atomic E-state index is 0.128. The molecule has 1 aromatic rings. The van der Waals surface area contributed by atoms with Crippen LogP contribution < -0.4 is 11.5 Å². The number of nitrogens with zero attached hydrogens (tertiary/aromatic N) is 2. The third-order valence-electron chi connectivity index (χ3n) is 2.08. The Balaban J connectivity index is 3.27. The number of aliphatic imine (C=N–C) groups is 1. The lowest BCUT2D eigenvalue weighted by atomic mass is 10.1. The van der Waals surface area contributed by atoms with Crippen LogP contribution >= 0.6 is 0 Å². The molecule has 84 valence electrons. The fraction of sp³-hybridized carbons (Fsp3) is 0.182. The first-order valence-electron chi connectivity index (χ1n) is 4.71. The summed E-state index contributed by atoms with van der Waals surface area (Å²) in [4.78, 5) is 19.1. The second kappa shape index (κ2) is 5.06. The van der Waals surface area contributed by atoms with Crippen LogP contribution in [-0.2, 0) is 0 Å². The molecule has 0 radical (unpaired) electrons. The van der Waals surface area contributed by atoms with Crippen molar-refractivity contribution in [1.29, 1.82) is 0 Å². The average molecular weight is 218 g/mol. The SMILES string of the molecule is CN=CC(=CN)c1cnc(N)c(C(C)=O)c1. The van der Waals surface area contributed by atoms with E-state index in [1.165, 1.54) is 13.1 Å². The number of anilines is 1. The van der Waals surface area contributed by atoms with Crippen LogP contribution in [0.4, 0.5) is 5.82 Å². The van der Waals surface area contributed by atoms with Crippen molar-refractivity contribution in [2.45, 2.75) is 6.92 Å². The first-order valence-corrected chi connectivity index (χ1v) is 4.71. The number of nitrogen functional groups attached to an aromatic ring is 1. The summed E-state index contributed by atoms with van der Waals surface area (Å²) in [7, 11) is 1.64. The lowest BCUT2D eigenvalue weighted by Crippen LogP contribution is -2.04. The number of hydrogen-bond donors (Lipinski definition) is 2. The highest BCUT2D eigenvalue weighted by molar-refractivity contribution is 6.10. The van der Waals surface area contributed by atoms with Gasteiger partial charge in [-0.25, -0.2) is 4.98 Å². The van der Waals surface area contributed by atoms with Crippen molar-refractivity contribution in [3.8, 4) is 0 Å². The Morgan fingerprint density at radius 3 is 2.75 bits per heavy atom. The molecular weight excluding hydrogens is 204 g/mol. The van der Waals surface area contributed by atoms with Gasteiger partial charge >= 0.3 is 0 Å². The van der Waals surface area contributed by atoms with Gasteiger partial charge in [0.05, 0.1) is 5.56 Å². The highest BCUT2D eigenvalue weighted by atomic mass is 16.1. The molecule has 1 rings (SSSR count). The number of allylic oxidation sites excluding steroid dienone is 1. The van der Waals surface area contributed by atoms with Gasteiger partial charge in [0.2, 0.25) is 0 Å². The van der Waals surface area contributed by atoms with Gasteiger partial charge in [0.15, 0.2) is 5.78 Å². The molecule has 0 amide bonds. The Morgan fingerprint density at radius 1 is 1.56 bits per heavy atom. The molecule has 0 unspecified atom stereocenters.